The van der Waals surface area contributed by atoms with Gasteiger partial charge in [0.05, 0.1) is 6.61 Å². The minimum absolute atomic E-state index is 0.0436. The summed E-state index contributed by atoms with van der Waals surface area (Å²) in [5.74, 6) is 0.810. The lowest BCUT2D eigenvalue weighted by Crippen LogP contribution is -2.21. The highest BCUT2D eigenvalue weighted by Crippen LogP contribution is 2.21. The van der Waals surface area contributed by atoms with E-state index in [0.717, 1.165) is 35.5 Å². The fourth-order valence-corrected chi connectivity index (χ4v) is 2.13. The molecule has 0 aliphatic rings. The molecule has 0 amide bonds. The van der Waals surface area contributed by atoms with Crippen molar-refractivity contribution in [3.05, 3.63) is 52.3 Å². The van der Waals surface area contributed by atoms with Gasteiger partial charge in [0, 0.05) is 23.4 Å². The van der Waals surface area contributed by atoms with Gasteiger partial charge in [-0.3, -0.25) is 4.79 Å². The van der Waals surface area contributed by atoms with E-state index in [9.17, 15) is 4.79 Å². The Morgan fingerprint density at radius 2 is 2.05 bits per heavy atom. The van der Waals surface area contributed by atoms with Gasteiger partial charge in [0.2, 0.25) is 0 Å². The number of pyridine rings is 1. The summed E-state index contributed by atoms with van der Waals surface area (Å²) in [6.07, 6.45) is 1.06. The van der Waals surface area contributed by atoms with Gasteiger partial charge < -0.3 is 15.0 Å². The molecule has 0 saturated carbocycles. The Kier molecular flexibility index (Phi) is 5.58. The average molecular weight is 286 g/mol. The number of rotatable bonds is 7. The van der Waals surface area contributed by atoms with Crippen molar-refractivity contribution in [1.29, 1.82) is 0 Å². The first-order valence-electron chi connectivity index (χ1n) is 7.40. The third kappa shape index (κ3) is 4.20. The number of hydrogen-bond acceptors (Lipinski definition) is 3. The van der Waals surface area contributed by atoms with Crippen molar-refractivity contribution in [2.24, 2.45) is 0 Å². The predicted molar refractivity (Wildman–Crippen MR) is 85.7 cm³/mol. The first kappa shape index (κ1) is 15.3. The van der Waals surface area contributed by atoms with Crippen molar-refractivity contribution in [2.45, 2.75) is 26.8 Å². The molecule has 0 aliphatic carbocycles. The highest BCUT2D eigenvalue weighted by Gasteiger charge is 2.04. The molecule has 0 spiro atoms. The minimum Gasteiger partial charge on any atom is -0.494 e. The molecule has 0 atom stereocenters. The number of nitrogens with one attached hydrogen (secondary N) is 2. The van der Waals surface area contributed by atoms with E-state index in [1.165, 1.54) is 0 Å². The quantitative estimate of drug-likeness (QED) is 0.769. The molecule has 1 aromatic carbocycles. The highest BCUT2D eigenvalue weighted by atomic mass is 16.5. The molecule has 4 heteroatoms. The fourth-order valence-electron chi connectivity index (χ4n) is 2.13. The molecule has 2 aromatic rings. The zero-order valence-corrected chi connectivity index (χ0v) is 12.6. The van der Waals surface area contributed by atoms with Crippen LogP contribution < -0.4 is 15.6 Å². The van der Waals surface area contributed by atoms with Crippen LogP contribution in [0, 0.1) is 0 Å². The molecule has 2 N–H and O–H groups in total. The molecule has 4 nitrogen and oxygen atoms in total. The summed E-state index contributed by atoms with van der Waals surface area (Å²) < 4.78 is 5.49. The molecular weight excluding hydrogens is 264 g/mol. The van der Waals surface area contributed by atoms with E-state index in [1.807, 2.05) is 43.3 Å². The number of hydrogen-bond donors (Lipinski definition) is 2. The topological polar surface area (TPSA) is 54.1 Å². The van der Waals surface area contributed by atoms with Gasteiger partial charge >= 0.3 is 0 Å². The van der Waals surface area contributed by atoms with Crippen molar-refractivity contribution >= 4 is 0 Å². The Morgan fingerprint density at radius 3 is 2.76 bits per heavy atom. The van der Waals surface area contributed by atoms with Crippen molar-refractivity contribution in [1.82, 2.24) is 10.3 Å². The van der Waals surface area contributed by atoms with Gasteiger partial charge in [-0.15, -0.1) is 0 Å². The third-order valence-electron chi connectivity index (χ3n) is 3.19. The molecule has 0 fully saturated rings. The molecule has 0 saturated heterocycles. The van der Waals surface area contributed by atoms with Crippen LogP contribution in [0.15, 0.2) is 41.2 Å². The van der Waals surface area contributed by atoms with E-state index < -0.39 is 0 Å². The van der Waals surface area contributed by atoms with Crippen LogP contribution in [0.1, 0.15) is 25.8 Å². The highest BCUT2D eigenvalue weighted by molar-refractivity contribution is 5.61. The molecule has 2 rings (SSSR count). The van der Waals surface area contributed by atoms with Crippen LogP contribution in [-0.4, -0.2) is 18.1 Å². The molecule has 21 heavy (non-hydrogen) atoms. The lowest BCUT2D eigenvalue weighted by atomic mass is 10.1. The Bertz CT molecular complexity index is 635. The monoisotopic (exact) mass is 286 g/mol. The maximum Gasteiger partial charge on any atom is 0.252 e. The minimum atomic E-state index is -0.0436. The first-order chi connectivity index (χ1) is 10.2. The molecule has 0 aliphatic heterocycles. The van der Waals surface area contributed by atoms with Crippen LogP contribution in [0.5, 0.6) is 5.75 Å². The Labute approximate surface area is 125 Å². The lowest BCUT2D eigenvalue weighted by molar-refractivity contribution is 0.340. The van der Waals surface area contributed by atoms with Crippen LogP contribution in [0.2, 0.25) is 0 Å². The van der Waals surface area contributed by atoms with E-state index in [4.69, 9.17) is 4.74 Å². The average Bonchev–Trinajstić information content (AvgIpc) is 2.50. The number of H-pyrrole nitrogens is 1. The summed E-state index contributed by atoms with van der Waals surface area (Å²) in [5.41, 5.74) is 2.47. The maximum atomic E-state index is 12.1. The van der Waals surface area contributed by atoms with Crippen LogP contribution in [0.3, 0.4) is 0 Å². The second kappa shape index (κ2) is 7.64. The first-order valence-corrected chi connectivity index (χ1v) is 7.40. The van der Waals surface area contributed by atoms with Crippen LogP contribution in [0.4, 0.5) is 0 Å². The Hall–Kier alpha value is -2.07. The normalized spacial score (nSPS) is 10.6. The van der Waals surface area contributed by atoms with Crippen LogP contribution in [0.25, 0.3) is 11.3 Å². The van der Waals surface area contributed by atoms with Gasteiger partial charge in [-0.1, -0.05) is 25.1 Å². The molecule has 0 unspecified atom stereocenters. The number of aromatic nitrogens is 1. The molecule has 1 aromatic heterocycles. The van der Waals surface area contributed by atoms with Crippen LogP contribution >= 0.6 is 0 Å². The van der Waals surface area contributed by atoms with Gasteiger partial charge in [0.15, 0.2) is 0 Å². The fraction of sp³-hybridized carbons (Fsp3) is 0.353. The smallest absolute Gasteiger partial charge is 0.252 e. The van der Waals surface area contributed by atoms with Gasteiger partial charge in [0.1, 0.15) is 5.75 Å². The Balaban J connectivity index is 2.19. The zero-order valence-electron chi connectivity index (χ0n) is 12.6. The van der Waals surface area contributed by atoms with Crippen molar-refractivity contribution < 1.29 is 4.74 Å². The standard InChI is InChI=1S/C17H22N2O2/c1-3-10-18-12-14-8-9-16(19-17(14)20)13-6-5-7-15(11-13)21-4-2/h5-9,11,18H,3-4,10,12H2,1-2H3,(H,19,20). The molecule has 0 bridgehead atoms. The summed E-state index contributed by atoms with van der Waals surface area (Å²) in [6, 6.07) is 11.6. The van der Waals surface area contributed by atoms with E-state index in [2.05, 4.69) is 17.2 Å². The summed E-state index contributed by atoms with van der Waals surface area (Å²) >= 11 is 0. The third-order valence-corrected chi connectivity index (χ3v) is 3.19. The molecule has 1 heterocycles. The van der Waals surface area contributed by atoms with Crippen LogP contribution in [-0.2, 0) is 6.54 Å². The lowest BCUT2D eigenvalue weighted by Gasteiger charge is -2.07. The van der Waals surface area contributed by atoms with E-state index in [-0.39, 0.29) is 5.56 Å². The molecule has 0 radical (unpaired) electrons. The predicted octanol–water partition coefficient (Wildman–Crippen LogP) is 2.94. The van der Waals surface area contributed by atoms with E-state index >= 15 is 0 Å². The van der Waals surface area contributed by atoms with Crippen molar-refractivity contribution in [3.8, 4) is 17.0 Å². The number of benzene rings is 1. The SMILES string of the molecule is CCCNCc1ccc(-c2cccc(OCC)c2)[nH]c1=O. The molecular formula is C17H22N2O2. The summed E-state index contributed by atoms with van der Waals surface area (Å²) in [5, 5.41) is 3.24. The second-order valence-corrected chi connectivity index (χ2v) is 4.86. The van der Waals surface area contributed by atoms with Gasteiger partial charge in [0.25, 0.3) is 5.56 Å². The van der Waals surface area contributed by atoms with Gasteiger partial charge in [-0.05, 0) is 38.1 Å². The summed E-state index contributed by atoms with van der Waals surface area (Å²) in [7, 11) is 0. The van der Waals surface area contributed by atoms with Crippen molar-refractivity contribution in [2.75, 3.05) is 13.2 Å². The summed E-state index contributed by atoms with van der Waals surface area (Å²) in [4.78, 5) is 15.0. The Morgan fingerprint density at radius 1 is 1.19 bits per heavy atom. The number of ether oxygens (including phenoxy) is 1. The number of aromatic amines is 1. The van der Waals surface area contributed by atoms with Gasteiger partial charge in [-0.2, -0.15) is 0 Å². The largest absolute Gasteiger partial charge is 0.494 e. The second-order valence-electron chi connectivity index (χ2n) is 4.86. The van der Waals surface area contributed by atoms with Gasteiger partial charge in [-0.25, -0.2) is 0 Å². The van der Waals surface area contributed by atoms with E-state index in [0.29, 0.717) is 13.2 Å². The molecule has 112 valence electrons. The maximum absolute atomic E-state index is 12.1. The summed E-state index contributed by atoms with van der Waals surface area (Å²) in [6.45, 7) is 6.19. The van der Waals surface area contributed by atoms with E-state index in [1.54, 1.807) is 0 Å². The van der Waals surface area contributed by atoms with Crippen molar-refractivity contribution in [3.63, 3.8) is 0 Å². The zero-order chi connectivity index (χ0) is 15.1.